The minimum atomic E-state index is -3.12. The molecule has 0 spiro atoms. The summed E-state index contributed by atoms with van der Waals surface area (Å²) in [6, 6.07) is 4.90. The number of hydrogen-bond acceptors (Lipinski definition) is 2. The van der Waals surface area contributed by atoms with Gasteiger partial charge in [-0.05, 0) is 30.2 Å². The summed E-state index contributed by atoms with van der Waals surface area (Å²) in [7, 11) is -3.12. The molecule has 5 heteroatoms. The Morgan fingerprint density at radius 1 is 1.38 bits per heavy atom. The zero-order chi connectivity index (χ0) is 9.47. The molecular formula is C8H9N2O2S. The minimum absolute atomic E-state index is 0.115. The van der Waals surface area contributed by atoms with Gasteiger partial charge < -0.3 is 5.73 Å². The van der Waals surface area contributed by atoms with Gasteiger partial charge in [0.05, 0.1) is 17.1 Å². The molecule has 1 radical (unpaired) electrons. The quantitative estimate of drug-likeness (QED) is 0.671. The van der Waals surface area contributed by atoms with E-state index in [4.69, 9.17) is 5.73 Å². The highest BCUT2D eigenvalue weighted by Gasteiger charge is 2.19. The predicted molar refractivity (Wildman–Crippen MR) is 50.3 cm³/mol. The number of anilines is 1. The van der Waals surface area contributed by atoms with E-state index in [9.17, 15) is 8.42 Å². The van der Waals surface area contributed by atoms with Gasteiger partial charge in [-0.2, -0.15) is 0 Å². The average molecular weight is 197 g/mol. The third-order valence-electron chi connectivity index (χ3n) is 2.01. The molecule has 1 heterocycles. The molecule has 69 valence electrons. The lowest BCUT2D eigenvalue weighted by Crippen LogP contribution is -2.23. The van der Waals surface area contributed by atoms with E-state index in [2.05, 4.69) is 4.72 Å². The number of nitrogens with one attached hydrogen (secondary N) is 2. The molecule has 0 fully saturated rings. The summed E-state index contributed by atoms with van der Waals surface area (Å²) >= 11 is 0. The maximum absolute atomic E-state index is 11.1. The Hall–Kier alpha value is -1.23. The summed E-state index contributed by atoms with van der Waals surface area (Å²) in [6.45, 7) is 0. The zero-order valence-corrected chi connectivity index (χ0v) is 7.69. The van der Waals surface area contributed by atoms with Crippen LogP contribution in [-0.2, 0) is 16.4 Å². The van der Waals surface area contributed by atoms with Crippen LogP contribution >= 0.6 is 0 Å². The van der Waals surface area contributed by atoms with Crippen molar-refractivity contribution in [3.05, 3.63) is 23.8 Å². The molecule has 1 aromatic carbocycles. The maximum Gasteiger partial charge on any atom is 0.233 e. The van der Waals surface area contributed by atoms with Crippen molar-refractivity contribution < 1.29 is 8.42 Å². The number of hydrogen-bond donors (Lipinski definition) is 1. The largest absolute Gasteiger partial charge is 0.301 e. The van der Waals surface area contributed by atoms with Crippen LogP contribution in [0.5, 0.6) is 0 Å². The van der Waals surface area contributed by atoms with E-state index in [0.717, 1.165) is 5.56 Å². The van der Waals surface area contributed by atoms with Crippen LogP contribution in [0.3, 0.4) is 0 Å². The highest BCUT2D eigenvalue weighted by Crippen LogP contribution is 2.25. The summed E-state index contributed by atoms with van der Waals surface area (Å²) in [6.07, 6.45) is 0.497. The van der Waals surface area contributed by atoms with E-state index in [0.29, 0.717) is 17.8 Å². The van der Waals surface area contributed by atoms with Crippen molar-refractivity contribution in [3.8, 4) is 0 Å². The van der Waals surface area contributed by atoms with Crippen molar-refractivity contribution in [1.29, 1.82) is 0 Å². The first-order chi connectivity index (χ1) is 6.07. The number of sulfonamides is 1. The predicted octanol–water partition coefficient (Wildman–Crippen LogP) is 0.899. The summed E-state index contributed by atoms with van der Waals surface area (Å²) in [5, 5.41) is 0. The van der Waals surface area contributed by atoms with Crippen molar-refractivity contribution in [2.24, 2.45) is 0 Å². The fourth-order valence-electron chi connectivity index (χ4n) is 1.36. The second kappa shape index (κ2) is 2.63. The Labute approximate surface area is 76.8 Å². The Balaban J connectivity index is 2.48. The van der Waals surface area contributed by atoms with Crippen LogP contribution in [0.15, 0.2) is 18.2 Å². The summed E-state index contributed by atoms with van der Waals surface area (Å²) in [4.78, 5) is 0. The van der Waals surface area contributed by atoms with Gasteiger partial charge in [0.15, 0.2) is 0 Å². The SMILES string of the molecule is [NH]c1ccc2c(c1)CCS(=O)(=O)N2. The van der Waals surface area contributed by atoms with Crippen LogP contribution in [0.4, 0.5) is 11.4 Å². The molecule has 2 rings (SSSR count). The van der Waals surface area contributed by atoms with Gasteiger partial charge in [-0.15, -0.1) is 0 Å². The summed E-state index contributed by atoms with van der Waals surface area (Å²) in [5.74, 6) is 0.115. The Bertz CT molecular complexity index is 439. The minimum Gasteiger partial charge on any atom is -0.301 e. The van der Waals surface area contributed by atoms with E-state index in [1.165, 1.54) is 0 Å². The smallest absolute Gasteiger partial charge is 0.233 e. The van der Waals surface area contributed by atoms with Gasteiger partial charge in [-0.25, -0.2) is 8.42 Å². The van der Waals surface area contributed by atoms with Crippen molar-refractivity contribution in [1.82, 2.24) is 5.73 Å². The molecule has 0 saturated heterocycles. The molecule has 1 aromatic rings. The van der Waals surface area contributed by atoms with Crippen LogP contribution in [0.1, 0.15) is 5.56 Å². The van der Waals surface area contributed by atoms with Crippen molar-refractivity contribution in [3.63, 3.8) is 0 Å². The molecule has 2 N–H and O–H groups in total. The zero-order valence-electron chi connectivity index (χ0n) is 6.87. The topological polar surface area (TPSA) is 70.0 Å². The highest BCUT2D eigenvalue weighted by molar-refractivity contribution is 7.92. The van der Waals surface area contributed by atoms with Crippen LogP contribution in [0.25, 0.3) is 0 Å². The fraction of sp³-hybridized carbons (Fsp3) is 0.250. The highest BCUT2D eigenvalue weighted by atomic mass is 32.2. The number of benzene rings is 1. The molecule has 13 heavy (non-hydrogen) atoms. The number of rotatable bonds is 0. The standard InChI is InChI=1S/C8H9N2O2S/c9-7-1-2-8-6(5-7)3-4-13(11,12)10-8/h1-2,5,9-10H,3-4H2. The third kappa shape index (κ3) is 1.60. The maximum atomic E-state index is 11.1. The molecule has 0 atom stereocenters. The van der Waals surface area contributed by atoms with Crippen molar-refractivity contribution in [2.45, 2.75) is 6.42 Å². The number of fused-ring (bicyclic) bond motifs is 1. The molecule has 0 unspecified atom stereocenters. The Morgan fingerprint density at radius 2 is 2.15 bits per heavy atom. The van der Waals surface area contributed by atoms with Crippen LogP contribution in [0.2, 0.25) is 0 Å². The first-order valence-electron chi connectivity index (χ1n) is 3.92. The monoisotopic (exact) mass is 197 g/mol. The average Bonchev–Trinajstić information content (AvgIpc) is 2.05. The van der Waals surface area contributed by atoms with Gasteiger partial charge in [0.1, 0.15) is 0 Å². The van der Waals surface area contributed by atoms with Gasteiger partial charge >= 0.3 is 0 Å². The van der Waals surface area contributed by atoms with Gasteiger partial charge in [0.25, 0.3) is 0 Å². The fourth-order valence-corrected chi connectivity index (χ4v) is 2.49. The lowest BCUT2D eigenvalue weighted by Gasteiger charge is -2.17. The lowest BCUT2D eigenvalue weighted by atomic mass is 10.1. The van der Waals surface area contributed by atoms with E-state index in [-0.39, 0.29) is 5.75 Å². The van der Waals surface area contributed by atoms with E-state index in [1.807, 2.05) is 0 Å². The molecule has 1 aliphatic rings. The molecule has 0 bridgehead atoms. The molecule has 0 aliphatic carbocycles. The number of aryl methyl sites for hydroxylation is 1. The van der Waals surface area contributed by atoms with Gasteiger partial charge in [0.2, 0.25) is 10.0 Å². The van der Waals surface area contributed by atoms with E-state index >= 15 is 0 Å². The normalized spacial score (nSPS) is 18.8. The molecule has 1 aliphatic heterocycles. The van der Waals surface area contributed by atoms with Gasteiger partial charge in [-0.1, -0.05) is 0 Å². The lowest BCUT2D eigenvalue weighted by molar-refractivity contribution is 0.599. The van der Waals surface area contributed by atoms with Gasteiger partial charge in [0, 0.05) is 0 Å². The van der Waals surface area contributed by atoms with Crippen LogP contribution in [0, 0.1) is 0 Å². The second-order valence-corrected chi connectivity index (χ2v) is 4.88. The van der Waals surface area contributed by atoms with Crippen LogP contribution < -0.4 is 10.5 Å². The Morgan fingerprint density at radius 3 is 2.92 bits per heavy atom. The molecule has 0 saturated carbocycles. The van der Waals surface area contributed by atoms with Gasteiger partial charge in [-0.3, -0.25) is 4.72 Å². The van der Waals surface area contributed by atoms with Crippen LogP contribution in [-0.4, -0.2) is 14.2 Å². The third-order valence-corrected chi connectivity index (χ3v) is 3.28. The summed E-state index contributed by atoms with van der Waals surface area (Å²) in [5.41, 5.74) is 9.29. The molecule has 0 amide bonds. The van der Waals surface area contributed by atoms with E-state index in [1.54, 1.807) is 18.2 Å². The Kier molecular flexibility index (Phi) is 1.69. The molecular weight excluding hydrogens is 188 g/mol. The van der Waals surface area contributed by atoms with Crippen molar-refractivity contribution in [2.75, 3.05) is 10.5 Å². The molecule has 4 nitrogen and oxygen atoms in total. The van der Waals surface area contributed by atoms with Crippen molar-refractivity contribution >= 4 is 21.4 Å². The summed E-state index contributed by atoms with van der Waals surface area (Å²) < 4.78 is 24.7. The first-order valence-corrected chi connectivity index (χ1v) is 5.57. The second-order valence-electron chi connectivity index (χ2n) is 3.04. The first kappa shape index (κ1) is 8.37. The molecule has 0 aromatic heterocycles. The van der Waals surface area contributed by atoms with E-state index < -0.39 is 10.0 Å².